The molecular weight excluding hydrogens is 1440 g/mol. The van der Waals surface area contributed by atoms with E-state index in [-0.39, 0.29) is 36.1 Å². The first-order chi connectivity index (χ1) is 45.3. The molecule has 6 aliphatic heterocycles. The SMILES string of the molecule is COC(=O)C(=O)c1cn2c3c(cc(Br)cc13)CN(C(=O)N1CCCCC1)CC2.O=C(Cl)C(=O)Cl.O=C(N1CCCCC1)N1CCn2ccc3cc(Br)cc(c32)C1.O=C1CC(=O)C(c2cnc3ccccn23)=C1c1cn2c3c(cc(Br)cc13)CN(C(=O)N1CCCCC1)CC2. The highest BCUT2D eigenvalue weighted by molar-refractivity contribution is 9.11. The number of piperidine rings is 3. The molecule has 0 saturated carbocycles. The Morgan fingerprint density at radius 1 is 0.489 bits per heavy atom. The van der Waals surface area contributed by atoms with Crippen LogP contribution in [0.4, 0.5) is 14.4 Å². The summed E-state index contributed by atoms with van der Waals surface area (Å²) in [4.78, 5) is 125. The maximum absolute atomic E-state index is 13.4. The summed E-state index contributed by atoms with van der Waals surface area (Å²) >= 11 is 19.7. The summed E-state index contributed by atoms with van der Waals surface area (Å²) in [6, 6.07) is 20.4. The first-order valence-corrected chi connectivity index (χ1v) is 34.8. The summed E-state index contributed by atoms with van der Waals surface area (Å²) in [5, 5.41) is 0.572. The molecule has 3 saturated heterocycles. The van der Waals surface area contributed by atoms with Crippen LogP contribution in [0, 0.1) is 0 Å². The Bertz CT molecular complexity index is 4410. The fraction of sp³-hybridized carbons (Fsp3) is 0.382. The van der Waals surface area contributed by atoms with E-state index in [1.54, 1.807) is 12.4 Å². The van der Waals surface area contributed by atoms with E-state index in [4.69, 9.17) is 0 Å². The van der Waals surface area contributed by atoms with Crippen molar-refractivity contribution in [1.29, 1.82) is 0 Å². The van der Waals surface area contributed by atoms with Crippen LogP contribution in [-0.4, -0.2) is 170 Å². The van der Waals surface area contributed by atoms with Crippen LogP contribution < -0.4 is 0 Å². The number of carbonyl (C=O) groups excluding carboxylic acids is 9. The van der Waals surface area contributed by atoms with E-state index in [2.05, 4.69) is 120 Å². The second kappa shape index (κ2) is 28.7. The number of urea groups is 3. The zero-order valence-electron chi connectivity index (χ0n) is 51.7. The molecule has 5 aromatic heterocycles. The number of allylic oxidation sites excluding steroid dienone is 2. The van der Waals surface area contributed by atoms with Gasteiger partial charge in [-0.3, -0.25) is 28.4 Å². The summed E-state index contributed by atoms with van der Waals surface area (Å²) < 4.78 is 15.6. The average molecular weight is 1510 g/mol. The zero-order valence-corrected chi connectivity index (χ0v) is 58.0. The van der Waals surface area contributed by atoms with Crippen molar-refractivity contribution in [2.45, 2.75) is 103 Å². The molecule has 6 amide bonds. The minimum Gasteiger partial charge on any atom is -0.463 e. The van der Waals surface area contributed by atoms with Gasteiger partial charge in [-0.05, 0) is 152 Å². The number of methoxy groups -OCH3 is 1. The van der Waals surface area contributed by atoms with Gasteiger partial charge in [0.1, 0.15) is 5.65 Å². The molecule has 1 aliphatic carbocycles. The molecular formula is C68H68Br3Cl2N11O10. The van der Waals surface area contributed by atoms with Gasteiger partial charge in [0.2, 0.25) is 0 Å². The minimum absolute atomic E-state index is 0.0736. The molecule has 0 unspecified atom stereocenters. The molecule has 7 aliphatic rings. The highest BCUT2D eigenvalue weighted by Crippen LogP contribution is 2.42. The number of benzene rings is 3. The van der Waals surface area contributed by atoms with Crippen molar-refractivity contribution in [3.8, 4) is 0 Å². The summed E-state index contributed by atoms with van der Waals surface area (Å²) in [6.45, 7) is 10.7. The number of ketones is 3. The minimum atomic E-state index is -1.14. The maximum Gasteiger partial charge on any atom is 0.379 e. The maximum atomic E-state index is 13.4. The third-order valence-electron chi connectivity index (χ3n) is 18.4. The Kier molecular flexibility index (Phi) is 20.3. The lowest BCUT2D eigenvalue weighted by Gasteiger charge is -2.32. The number of hydrogen-bond donors (Lipinski definition) is 0. The van der Waals surface area contributed by atoms with Gasteiger partial charge in [-0.25, -0.2) is 24.2 Å². The van der Waals surface area contributed by atoms with Crippen LogP contribution >= 0.6 is 71.0 Å². The van der Waals surface area contributed by atoms with Crippen molar-refractivity contribution in [2.24, 2.45) is 0 Å². The Morgan fingerprint density at radius 2 is 0.957 bits per heavy atom. The highest BCUT2D eigenvalue weighted by atomic mass is 79.9. The van der Waals surface area contributed by atoms with Gasteiger partial charge in [0.05, 0.1) is 53.1 Å². The number of pyridine rings is 1. The van der Waals surface area contributed by atoms with Crippen LogP contribution in [0.1, 0.15) is 103 Å². The predicted octanol–water partition coefficient (Wildman–Crippen LogP) is 12.4. The number of imidazole rings is 1. The number of halogens is 5. The highest BCUT2D eigenvalue weighted by Gasteiger charge is 2.38. The molecule has 94 heavy (non-hydrogen) atoms. The lowest BCUT2D eigenvalue weighted by atomic mass is 9.98. The molecule has 3 aromatic carbocycles. The first-order valence-electron chi connectivity index (χ1n) is 31.6. The largest absolute Gasteiger partial charge is 0.463 e. The average Bonchev–Trinajstić information content (AvgIpc) is 1.59. The fourth-order valence-corrected chi connectivity index (χ4v) is 15.6. The standard InChI is InChI=1S/C29H26BrN5O3.C20H22BrN3O4.C17H20BrN3O.C2Cl2O2/c30-19-12-18-16-34(29(38)32-7-3-1-4-8-32)11-10-33-17-21(20(13-19)28(18)33)26-23(36)14-24(37)27(26)22-15-31-25-6-2-5-9-35(22)25;1-28-19(26)18(25)16-12-23-7-8-24(20(27)22-5-3-2-4-6-22)11-13-9-14(21)10-15(16)17(13)23;18-15-10-13-4-7-19-8-9-21(12-14(11-15)16(13)19)17(22)20-5-2-1-3-6-20;3-1(5)2(4)6/h2,5-6,9,12-13,15,17H,1,3-4,7-8,10-11,14,16H2;9-10,12H,2-8,11H2,1H3;4,7,10-11H,1-3,5-6,8-9,12H2;. The Hall–Kier alpha value is -7.64. The van der Waals surface area contributed by atoms with Gasteiger partial charge in [-0.2, -0.15) is 0 Å². The number of amides is 6. The lowest BCUT2D eigenvalue weighted by Crippen LogP contribution is -2.45. The number of carbonyl (C=O) groups is 9. The number of Topliss-reactive ketones (excluding diaryl/α,β-unsaturated/α-hetero) is 3. The monoisotopic (exact) mass is 1510 g/mol. The van der Waals surface area contributed by atoms with Crippen molar-refractivity contribution in [1.82, 2.24) is 52.5 Å². The third kappa shape index (κ3) is 13.8. The Balaban J connectivity index is 0.000000134. The van der Waals surface area contributed by atoms with Crippen LogP contribution in [0.2, 0.25) is 0 Å². The number of esters is 1. The first kappa shape index (κ1) is 66.4. The van der Waals surface area contributed by atoms with Gasteiger partial charge in [0.25, 0.3) is 5.78 Å². The molecule has 0 N–H and O–H groups in total. The molecule has 26 heteroatoms. The van der Waals surface area contributed by atoms with Crippen LogP contribution in [-0.2, 0) is 68.0 Å². The number of hydrogen-bond acceptors (Lipinski definition) is 11. The number of nitrogens with zero attached hydrogens (tertiary/aromatic N) is 11. The van der Waals surface area contributed by atoms with Crippen molar-refractivity contribution in [3.05, 3.63) is 139 Å². The van der Waals surface area contributed by atoms with Gasteiger partial charge in [-0.1, -0.05) is 53.9 Å². The van der Waals surface area contributed by atoms with E-state index >= 15 is 0 Å². The van der Waals surface area contributed by atoms with Gasteiger partial charge in [0.15, 0.2) is 11.6 Å². The number of ether oxygens (including phenoxy) is 1. The summed E-state index contributed by atoms with van der Waals surface area (Å²) in [6.07, 6.45) is 19.3. The van der Waals surface area contributed by atoms with E-state index in [0.29, 0.717) is 73.6 Å². The lowest BCUT2D eigenvalue weighted by molar-refractivity contribution is -0.135. The van der Waals surface area contributed by atoms with Gasteiger partial charge in [0, 0.05) is 164 Å². The zero-order chi connectivity index (χ0) is 66.1. The fourth-order valence-electron chi connectivity index (χ4n) is 14.0. The molecule has 3 fully saturated rings. The second-order valence-corrected chi connectivity index (χ2v) is 27.8. The van der Waals surface area contributed by atoms with Crippen LogP contribution in [0.25, 0.3) is 49.5 Å². The van der Waals surface area contributed by atoms with Gasteiger partial charge < -0.3 is 47.8 Å². The third-order valence-corrected chi connectivity index (χ3v) is 20.2. The van der Waals surface area contributed by atoms with Gasteiger partial charge >= 0.3 is 34.5 Å². The van der Waals surface area contributed by atoms with E-state index in [1.807, 2.05) is 87.2 Å². The van der Waals surface area contributed by atoms with Crippen molar-refractivity contribution >= 4 is 172 Å². The summed E-state index contributed by atoms with van der Waals surface area (Å²) in [5.41, 5.74) is 9.72. The number of likely N-dealkylation sites (tertiary alicyclic amines) is 3. The van der Waals surface area contributed by atoms with Crippen molar-refractivity contribution in [2.75, 3.05) is 66.0 Å². The topological polar surface area (TPSA) is 214 Å². The van der Waals surface area contributed by atoms with E-state index < -0.39 is 22.2 Å². The van der Waals surface area contributed by atoms with Crippen LogP contribution in [0.5, 0.6) is 0 Å². The normalized spacial score (nSPS) is 17.2. The molecule has 0 radical (unpaired) electrons. The van der Waals surface area contributed by atoms with Gasteiger partial charge in [-0.15, -0.1) is 0 Å². The summed E-state index contributed by atoms with van der Waals surface area (Å²) in [7, 11) is 1.20. The Morgan fingerprint density at radius 3 is 1.48 bits per heavy atom. The molecule has 0 atom stereocenters. The predicted molar refractivity (Wildman–Crippen MR) is 367 cm³/mol. The van der Waals surface area contributed by atoms with Crippen molar-refractivity contribution < 1.29 is 47.9 Å². The van der Waals surface area contributed by atoms with E-state index in [0.717, 1.165) is 143 Å². The molecule has 0 spiro atoms. The van der Waals surface area contributed by atoms with Crippen LogP contribution in [0.15, 0.2) is 105 Å². The quantitative estimate of drug-likeness (QED) is 0.0519. The number of fused-ring (bicyclic) bond motifs is 1. The molecule has 490 valence electrons. The van der Waals surface area contributed by atoms with E-state index in [1.165, 1.54) is 42.8 Å². The molecule has 11 heterocycles. The summed E-state index contributed by atoms with van der Waals surface area (Å²) in [5.74, 6) is -1.88. The number of rotatable bonds is 5. The van der Waals surface area contributed by atoms with E-state index in [9.17, 15) is 43.2 Å². The molecule has 15 rings (SSSR count). The molecule has 0 bridgehead atoms. The smallest absolute Gasteiger partial charge is 0.379 e. The Labute approximate surface area is 576 Å². The van der Waals surface area contributed by atoms with Crippen LogP contribution in [0.3, 0.4) is 0 Å². The molecule has 8 aromatic rings. The van der Waals surface area contributed by atoms with Crippen molar-refractivity contribution in [3.63, 3.8) is 0 Å². The number of aromatic nitrogens is 5. The second-order valence-electron chi connectivity index (χ2n) is 24.4. The molecule has 21 nitrogen and oxygen atoms in total.